The van der Waals surface area contributed by atoms with E-state index in [1.165, 1.54) is 0 Å². The molecule has 0 aliphatic rings. The maximum absolute atomic E-state index is 5.39. The first-order valence-corrected chi connectivity index (χ1v) is 7.47. The molecule has 3 aromatic rings. The fourth-order valence-electron chi connectivity index (χ4n) is 2.75. The van der Waals surface area contributed by atoms with Gasteiger partial charge in [-0.05, 0) is 25.1 Å². The normalized spacial score (nSPS) is 12.5. The summed E-state index contributed by atoms with van der Waals surface area (Å²) < 4.78 is 7.54. The van der Waals surface area contributed by atoms with Crippen molar-refractivity contribution >= 4 is 11.0 Å². The van der Waals surface area contributed by atoms with Crippen LogP contribution in [0.4, 0.5) is 0 Å². The monoisotopic (exact) mass is 295 g/mol. The Kier molecular flexibility index (Phi) is 4.11. The van der Waals surface area contributed by atoms with Gasteiger partial charge >= 0.3 is 0 Å². The number of hydrogen-bond acceptors (Lipinski definition) is 3. The van der Waals surface area contributed by atoms with E-state index in [-0.39, 0.29) is 6.04 Å². The Hall–Kier alpha value is -2.33. The fourth-order valence-corrected chi connectivity index (χ4v) is 2.75. The van der Waals surface area contributed by atoms with E-state index in [2.05, 4.69) is 36.0 Å². The van der Waals surface area contributed by atoms with Gasteiger partial charge in [-0.1, -0.05) is 30.3 Å². The number of fused-ring (bicyclic) bond motifs is 1. The van der Waals surface area contributed by atoms with Crippen LogP contribution in [0.3, 0.4) is 0 Å². The first-order valence-electron chi connectivity index (χ1n) is 7.47. The summed E-state index contributed by atoms with van der Waals surface area (Å²) in [6.45, 7) is 2.88. The smallest absolute Gasteiger partial charge is 0.126 e. The molecule has 2 aromatic carbocycles. The Morgan fingerprint density at radius 2 is 1.86 bits per heavy atom. The summed E-state index contributed by atoms with van der Waals surface area (Å²) in [7, 11) is 3.76. The van der Waals surface area contributed by atoms with Crippen LogP contribution in [0.2, 0.25) is 0 Å². The van der Waals surface area contributed by atoms with Crippen LogP contribution in [0, 0.1) is 0 Å². The van der Waals surface area contributed by atoms with Gasteiger partial charge in [-0.15, -0.1) is 0 Å². The maximum Gasteiger partial charge on any atom is 0.126 e. The number of nitrogens with zero attached hydrogens (tertiary/aromatic N) is 2. The van der Waals surface area contributed by atoms with E-state index >= 15 is 0 Å². The average Bonchev–Trinajstić information content (AvgIpc) is 2.90. The Balaban J connectivity index is 1.79. The van der Waals surface area contributed by atoms with Gasteiger partial charge in [0.2, 0.25) is 0 Å². The summed E-state index contributed by atoms with van der Waals surface area (Å²) in [5, 5.41) is 3.53. The Bertz CT molecular complexity index is 779. The van der Waals surface area contributed by atoms with Crippen LogP contribution >= 0.6 is 0 Å². The van der Waals surface area contributed by atoms with Crippen LogP contribution in [0.15, 0.2) is 48.5 Å². The molecule has 0 bridgehead atoms. The summed E-state index contributed by atoms with van der Waals surface area (Å²) in [6.07, 6.45) is 0. The van der Waals surface area contributed by atoms with E-state index in [4.69, 9.17) is 9.72 Å². The zero-order valence-electron chi connectivity index (χ0n) is 13.2. The van der Waals surface area contributed by atoms with Gasteiger partial charge < -0.3 is 14.6 Å². The standard InChI is InChI=1S/C18H21N3O/c1-13(19-12-14-8-4-7-11-17(14)22-3)18-20-15-9-5-6-10-16(15)21(18)2/h4-11,13,19H,12H2,1-3H3/t13-/m1/s1. The number of aromatic nitrogens is 2. The molecule has 0 radical (unpaired) electrons. The topological polar surface area (TPSA) is 39.1 Å². The zero-order chi connectivity index (χ0) is 15.5. The minimum absolute atomic E-state index is 0.155. The third kappa shape index (κ3) is 2.70. The summed E-state index contributed by atoms with van der Waals surface area (Å²) >= 11 is 0. The number of nitrogens with one attached hydrogen (secondary N) is 1. The van der Waals surface area contributed by atoms with Crippen LogP contribution in [0.5, 0.6) is 5.75 Å². The molecule has 0 spiro atoms. The third-order valence-electron chi connectivity index (χ3n) is 4.00. The van der Waals surface area contributed by atoms with Gasteiger partial charge in [-0.25, -0.2) is 4.98 Å². The number of imidazole rings is 1. The van der Waals surface area contributed by atoms with Gasteiger partial charge in [0.25, 0.3) is 0 Å². The molecule has 0 unspecified atom stereocenters. The molecule has 1 heterocycles. The number of methoxy groups -OCH3 is 1. The summed E-state index contributed by atoms with van der Waals surface area (Å²) in [5.74, 6) is 1.95. The molecular weight excluding hydrogens is 274 g/mol. The summed E-state index contributed by atoms with van der Waals surface area (Å²) in [6, 6.07) is 16.4. The molecule has 1 N–H and O–H groups in total. The molecule has 0 amide bonds. The lowest BCUT2D eigenvalue weighted by Gasteiger charge is -2.15. The van der Waals surface area contributed by atoms with E-state index in [1.54, 1.807) is 7.11 Å². The molecule has 0 fully saturated rings. The molecule has 0 aliphatic carbocycles. The van der Waals surface area contributed by atoms with Crippen molar-refractivity contribution in [1.82, 2.24) is 14.9 Å². The van der Waals surface area contributed by atoms with Crippen molar-refractivity contribution in [2.75, 3.05) is 7.11 Å². The molecule has 22 heavy (non-hydrogen) atoms. The van der Waals surface area contributed by atoms with E-state index in [0.29, 0.717) is 0 Å². The molecule has 1 aromatic heterocycles. The van der Waals surface area contributed by atoms with Crippen LogP contribution in [-0.4, -0.2) is 16.7 Å². The largest absolute Gasteiger partial charge is 0.496 e. The van der Waals surface area contributed by atoms with Crippen LogP contribution < -0.4 is 10.1 Å². The third-order valence-corrected chi connectivity index (χ3v) is 4.00. The lowest BCUT2D eigenvalue weighted by molar-refractivity contribution is 0.405. The number of rotatable bonds is 5. The van der Waals surface area contributed by atoms with E-state index in [0.717, 1.165) is 34.7 Å². The van der Waals surface area contributed by atoms with Gasteiger partial charge in [-0.3, -0.25) is 0 Å². The number of ether oxygens (including phenoxy) is 1. The van der Waals surface area contributed by atoms with Crippen molar-refractivity contribution in [2.45, 2.75) is 19.5 Å². The first-order chi connectivity index (χ1) is 10.7. The Morgan fingerprint density at radius 3 is 2.64 bits per heavy atom. The number of hydrogen-bond donors (Lipinski definition) is 1. The van der Waals surface area contributed by atoms with Crippen molar-refractivity contribution < 1.29 is 4.74 Å². The minimum Gasteiger partial charge on any atom is -0.496 e. The average molecular weight is 295 g/mol. The zero-order valence-corrected chi connectivity index (χ0v) is 13.2. The van der Waals surface area contributed by atoms with E-state index in [1.807, 2.05) is 36.4 Å². The molecule has 0 aliphatic heterocycles. The van der Waals surface area contributed by atoms with Crippen LogP contribution in [-0.2, 0) is 13.6 Å². The Morgan fingerprint density at radius 1 is 1.14 bits per heavy atom. The predicted molar refractivity (Wildman–Crippen MR) is 89.0 cm³/mol. The highest BCUT2D eigenvalue weighted by Gasteiger charge is 2.14. The van der Waals surface area contributed by atoms with Crippen molar-refractivity contribution in [1.29, 1.82) is 0 Å². The van der Waals surface area contributed by atoms with E-state index in [9.17, 15) is 0 Å². The van der Waals surface area contributed by atoms with Gasteiger partial charge in [0.15, 0.2) is 0 Å². The van der Waals surface area contributed by atoms with Crippen LogP contribution in [0.1, 0.15) is 24.4 Å². The lowest BCUT2D eigenvalue weighted by Crippen LogP contribution is -2.21. The van der Waals surface area contributed by atoms with Gasteiger partial charge in [0.05, 0.1) is 24.2 Å². The van der Waals surface area contributed by atoms with Crippen molar-refractivity contribution in [2.24, 2.45) is 7.05 Å². The highest BCUT2D eigenvalue weighted by Crippen LogP contribution is 2.21. The molecule has 0 saturated heterocycles. The second kappa shape index (κ2) is 6.20. The molecule has 114 valence electrons. The highest BCUT2D eigenvalue weighted by atomic mass is 16.5. The number of aryl methyl sites for hydroxylation is 1. The SMILES string of the molecule is COc1ccccc1CN[C@H](C)c1nc2ccccc2n1C. The van der Waals surface area contributed by atoms with Gasteiger partial charge in [-0.2, -0.15) is 0 Å². The second-order valence-electron chi connectivity index (χ2n) is 5.43. The number of benzene rings is 2. The van der Waals surface area contributed by atoms with Crippen LogP contribution in [0.25, 0.3) is 11.0 Å². The molecule has 3 rings (SSSR count). The maximum atomic E-state index is 5.39. The summed E-state index contributed by atoms with van der Waals surface area (Å²) in [4.78, 5) is 4.74. The predicted octanol–water partition coefficient (Wildman–Crippen LogP) is 3.43. The fraction of sp³-hybridized carbons (Fsp3) is 0.278. The van der Waals surface area contributed by atoms with Crippen molar-refractivity contribution in [3.63, 3.8) is 0 Å². The van der Waals surface area contributed by atoms with Crippen molar-refractivity contribution in [3.8, 4) is 5.75 Å². The molecular formula is C18H21N3O. The summed E-state index contributed by atoms with van der Waals surface area (Å²) in [5.41, 5.74) is 3.34. The van der Waals surface area contributed by atoms with Crippen molar-refractivity contribution in [3.05, 3.63) is 59.9 Å². The highest BCUT2D eigenvalue weighted by molar-refractivity contribution is 5.75. The quantitative estimate of drug-likeness (QED) is 0.784. The number of para-hydroxylation sites is 3. The molecule has 0 saturated carbocycles. The molecule has 4 nitrogen and oxygen atoms in total. The van der Waals surface area contributed by atoms with Gasteiger partial charge in [0.1, 0.15) is 11.6 Å². The van der Waals surface area contributed by atoms with E-state index < -0.39 is 0 Å². The lowest BCUT2D eigenvalue weighted by atomic mass is 10.2. The minimum atomic E-state index is 0.155. The molecule has 4 heteroatoms. The first kappa shape index (κ1) is 14.6. The Labute approximate surface area is 130 Å². The van der Waals surface area contributed by atoms with Gasteiger partial charge in [0, 0.05) is 19.2 Å². The molecule has 1 atom stereocenters. The second-order valence-corrected chi connectivity index (χ2v) is 5.43.